The third kappa shape index (κ3) is 1.86. The first-order chi connectivity index (χ1) is 6.60. The lowest BCUT2D eigenvalue weighted by Crippen LogP contribution is -1.98. The monoisotopic (exact) mass is 209 g/mol. The number of nitrogens with zero attached hydrogens (tertiary/aromatic N) is 1. The van der Waals surface area contributed by atoms with E-state index in [2.05, 4.69) is 0 Å². The predicted molar refractivity (Wildman–Crippen MR) is 52.7 cm³/mol. The molecule has 3 nitrogen and oxygen atoms in total. The molecular weight excluding hydrogens is 202 g/mol. The standard InChI is InChI=1S/C10H8ClNO2/c1-6(13)8-4-10(14-2)9(11)3-7(8)5-12/h3-4H,1-2H3. The Morgan fingerprint density at radius 1 is 1.57 bits per heavy atom. The van der Waals surface area contributed by atoms with Crippen LogP contribution in [0.25, 0.3) is 0 Å². The molecular formula is C10H8ClNO2. The Hall–Kier alpha value is -1.53. The molecule has 0 N–H and O–H groups in total. The average Bonchev–Trinajstić information content (AvgIpc) is 2.16. The number of Topliss-reactive ketones (excluding diaryl/α,β-unsaturated/α-hetero) is 1. The quantitative estimate of drug-likeness (QED) is 0.703. The average molecular weight is 210 g/mol. The first-order valence-corrected chi connectivity index (χ1v) is 4.26. The topological polar surface area (TPSA) is 50.1 Å². The van der Waals surface area contributed by atoms with E-state index in [4.69, 9.17) is 21.6 Å². The third-order valence-electron chi connectivity index (χ3n) is 1.79. The maximum absolute atomic E-state index is 11.2. The van der Waals surface area contributed by atoms with Crippen LogP contribution in [0.15, 0.2) is 12.1 Å². The zero-order valence-electron chi connectivity index (χ0n) is 7.80. The van der Waals surface area contributed by atoms with E-state index in [0.29, 0.717) is 16.3 Å². The van der Waals surface area contributed by atoms with E-state index < -0.39 is 0 Å². The summed E-state index contributed by atoms with van der Waals surface area (Å²) in [4.78, 5) is 11.2. The summed E-state index contributed by atoms with van der Waals surface area (Å²) in [5, 5.41) is 9.08. The molecule has 0 aliphatic rings. The summed E-state index contributed by atoms with van der Waals surface area (Å²) in [6.07, 6.45) is 0. The number of carbonyl (C=O) groups excluding carboxylic acids is 1. The molecule has 1 rings (SSSR count). The molecule has 1 aromatic rings. The predicted octanol–water partition coefficient (Wildman–Crippen LogP) is 2.42. The fraction of sp³-hybridized carbons (Fsp3) is 0.200. The number of hydrogen-bond donors (Lipinski definition) is 0. The summed E-state index contributed by atoms with van der Waals surface area (Å²) in [5.74, 6) is 0.215. The van der Waals surface area contributed by atoms with Crippen molar-refractivity contribution in [3.8, 4) is 11.8 Å². The molecule has 0 bridgehead atoms. The van der Waals surface area contributed by atoms with Gasteiger partial charge < -0.3 is 4.74 Å². The van der Waals surface area contributed by atoms with Crippen molar-refractivity contribution in [3.05, 3.63) is 28.3 Å². The highest BCUT2D eigenvalue weighted by Gasteiger charge is 2.11. The van der Waals surface area contributed by atoms with E-state index in [1.807, 2.05) is 6.07 Å². The van der Waals surface area contributed by atoms with Crippen LogP contribution in [0.3, 0.4) is 0 Å². The van der Waals surface area contributed by atoms with Crippen LogP contribution < -0.4 is 4.74 Å². The minimum atomic E-state index is -0.184. The van der Waals surface area contributed by atoms with E-state index in [0.717, 1.165) is 0 Å². The lowest BCUT2D eigenvalue weighted by molar-refractivity contribution is 0.101. The van der Waals surface area contributed by atoms with Crippen molar-refractivity contribution in [1.29, 1.82) is 5.26 Å². The van der Waals surface area contributed by atoms with Crippen molar-refractivity contribution in [2.75, 3.05) is 7.11 Å². The summed E-state index contributed by atoms with van der Waals surface area (Å²) in [6, 6.07) is 4.81. The summed E-state index contributed by atoms with van der Waals surface area (Å²) < 4.78 is 4.94. The van der Waals surface area contributed by atoms with Gasteiger partial charge in [-0.25, -0.2) is 0 Å². The van der Waals surface area contributed by atoms with Gasteiger partial charge in [0.05, 0.1) is 23.8 Å². The van der Waals surface area contributed by atoms with E-state index >= 15 is 0 Å². The molecule has 14 heavy (non-hydrogen) atoms. The number of carbonyl (C=O) groups is 1. The molecule has 0 aliphatic carbocycles. The van der Waals surface area contributed by atoms with Crippen molar-refractivity contribution < 1.29 is 9.53 Å². The minimum absolute atomic E-state index is 0.184. The lowest BCUT2D eigenvalue weighted by atomic mass is 10.1. The zero-order chi connectivity index (χ0) is 10.7. The molecule has 0 saturated carbocycles. The SMILES string of the molecule is COc1cc(C(C)=O)c(C#N)cc1Cl. The van der Waals surface area contributed by atoms with Crippen LogP contribution in [0.2, 0.25) is 5.02 Å². The molecule has 0 saturated heterocycles. The Balaban J connectivity index is 3.42. The Morgan fingerprint density at radius 3 is 2.64 bits per heavy atom. The number of rotatable bonds is 2. The minimum Gasteiger partial charge on any atom is -0.495 e. The van der Waals surface area contributed by atoms with E-state index in [-0.39, 0.29) is 11.3 Å². The molecule has 0 atom stereocenters. The molecule has 4 heteroatoms. The van der Waals surface area contributed by atoms with E-state index in [1.165, 1.54) is 26.2 Å². The zero-order valence-corrected chi connectivity index (χ0v) is 8.55. The van der Waals surface area contributed by atoms with Crippen LogP contribution in [0, 0.1) is 11.3 Å². The number of ketones is 1. The van der Waals surface area contributed by atoms with E-state index in [9.17, 15) is 4.79 Å². The molecule has 0 fully saturated rings. The summed E-state index contributed by atoms with van der Waals surface area (Å²) in [5.41, 5.74) is 0.594. The van der Waals surface area contributed by atoms with Crippen molar-refractivity contribution in [2.45, 2.75) is 6.92 Å². The van der Waals surface area contributed by atoms with Crippen LogP contribution >= 0.6 is 11.6 Å². The summed E-state index contributed by atoms with van der Waals surface area (Å²) in [6.45, 7) is 1.39. The normalized spacial score (nSPS) is 9.29. The van der Waals surface area contributed by atoms with Crippen molar-refractivity contribution >= 4 is 17.4 Å². The Kier molecular flexibility index (Phi) is 3.10. The van der Waals surface area contributed by atoms with Gasteiger partial charge in [-0.15, -0.1) is 0 Å². The molecule has 72 valence electrons. The molecule has 0 heterocycles. The van der Waals surface area contributed by atoms with Crippen LogP contribution in [0.4, 0.5) is 0 Å². The van der Waals surface area contributed by atoms with Crippen LogP contribution in [0.1, 0.15) is 22.8 Å². The van der Waals surface area contributed by atoms with Gasteiger partial charge in [0.25, 0.3) is 0 Å². The molecule has 0 unspecified atom stereocenters. The lowest BCUT2D eigenvalue weighted by Gasteiger charge is -2.06. The molecule has 1 aromatic carbocycles. The van der Waals surface area contributed by atoms with Gasteiger partial charge in [-0.1, -0.05) is 11.6 Å². The Bertz CT molecular complexity index is 421. The maximum Gasteiger partial charge on any atom is 0.161 e. The second-order valence-electron chi connectivity index (χ2n) is 2.70. The van der Waals surface area contributed by atoms with Gasteiger partial charge in [0.15, 0.2) is 5.78 Å². The van der Waals surface area contributed by atoms with Crippen LogP contribution in [0.5, 0.6) is 5.75 Å². The number of hydrogen-bond acceptors (Lipinski definition) is 3. The van der Waals surface area contributed by atoms with Crippen molar-refractivity contribution in [2.24, 2.45) is 0 Å². The largest absolute Gasteiger partial charge is 0.495 e. The smallest absolute Gasteiger partial charge is 0.161 e. The number of benzene rings is 1. The number of nitriles is 1. The molecule has 0 spiro atoms. The number of methoxy groups -OCH3 is 1. The summed E-state index contributed by atoms with van der Waals surface area (Å²) >= 11 is 5.80. The molecule has 0 amide bonds. The fourth-order valence-electron chi connectivity index (χ4n) is 1.09. The third-order valence-corrected chi connectivity index (χ3v) is 2.09. The van der Waals surface area contributed by atoms with Gasteiger partial charge in [0.1, 0.15) is 5.75 Å². The second-order valence-corrected chi connectivity index (χ2v) is 3.11. The fourth-order valence-corrected chi connectivity index (χ4v) is 1.33. The first-order valence-electron chi connectivity index (χ1n) is 3.88. The van der Waals surface area contributed by atoms with Gasteiger partial charge in [0.2, 0.25) is 0 Å². The van der Waals surface area contributed by atoms with Crippen LogP contribution in [-0.2, 0) is 0 Å². The Morgan fingerprint density at radius 2 is 2.21 bits per heavy atom. The van der Waals surface area contributed by atoms with Gasteiger partial charge >= 0.3 is 0 Å². The number of halogens is 1. The van der Waals surface area contributed by atoms with Gasteiger partial charge in [-0.05, 0) is 19.1 Å². The first kappa shape index (κ1) is 10.6. The molecule has 0 radical (unpaired) electrons. The highest BCUT2D eigenvalue weighted by atomic mass is 35.5. The van der Waals surface area contributed by atoms with Gasteiger partial charge in [-0.2, -0.15) is 5.26 Å². The van der Waals surface area contributed by atoms with E-state index in [1.54, 1.807) is 0 Å². The molecule has 0 aliphatic heterocycles. The van der Waals surface area contributed by atoms with Crippen molar-refractivity contribution in [1.82, 2.24) is 0 Å². The van der Waals surface area contributed by atoms with Crippen LogP contribution in [-0.4, -0.2) is 12.9 Å². The highest BCUT2D eigenvalue weighted by Crippen LogP contribution is 2.27. The summed E-state index contributed by atoms with van der Waals surface area (Å²) in [7, 11) is 1.46. The van der Waals surface area contributed by atoms with Gasteiger partial charge in [-0.3, -0.25) is 4.79 Å². The molecule has 0 aromatic heterocycles. The second kappa shape index (κ2) is 4.12. The highest BCUT2D eigenvalue weighted by molar-refractivity contribution is 6.32. The number of ether oxygens (including phenoxy) is 1. The Labute approximate surface area is 86.9 Å². The van der Waals surface area contributed by atoms with Crippen molar-refractivity contribution in [3.63, 3.8) is 0 Å². The maximum atomic E-state index is 11.2. The van der Waals surface area contributed by atoms with Gasteiger partial charge in [0, 0.05) is 5.56 Å².